The highest BCUT2D eigenvalue weighted by atomic mass is 32.1. The zero-order valence-corrected chi connectivity index (χ0v) is 17.7. The van der Waals surface area contributed by atoms with Gasteiger partial charge in [-0.2, -0.15) is 12.6 Å². The highest BCUT2D eigenvalue weighted by Crippen LogP contribution is 2.36. The van der Waals surface area contributed by atoms with Crippen molar-refractivity contribution in [2.24, 2.45) is 0 Å². The third kappa shape index (κ3) is 5.49. The van der Waals surface area contributed by atoms with Crippen LogP contribution in [0.5, 0.6) is 5.75 Å². The SMILES string of the molecule is Nc1ccc([C@H]2CC[C@@H](C(=O)O)N2C(=O)CNC(=O)[C@@H](S)Cc2ccc(O)cc2)cc1. The van der Waals surface area contributed by atoms with Crippen LogP contribution in [0.2, 0.25) is 0 Å². The number of phenolic OH excluding ortho intramolecular Hbond substituents is 1. The molecular weight excluding hydrogens is 418 g/mol. The van der Waals surface area contributed by atoms with Crippen molar-refractivity contribution in [3.63, 3.8) is 0 Å². The maximum Gasteiger partial charge on any atom is 0.326 e. The summed E-state index contributed by atoms with van der Waals surface area (Å²) in [6, 6.07) is 12.1. The van der Waals surface area contributed by atoms with Crippen molar-refractivity contribution < 1.29 is 24.6 Å². The summed E-state index contributed by atoms with van der Waals surface area (Å²) < 4.78 is 0. The second-order valence-corrected chi connectivity index (χ2v) is 8.14. The second-order valence-electron chi connectivity index (χ2n) is 7.52. The number of phenols is 1. The molecule has 0 aliphatic carbocycles. The normalized spacial score (nSPS) is 19.1. The minimum atomic E-state index is -1.07. The number of nitrogens with two attached hydrogens (primary N) is 1. The zero-order valence-electron chi connectivity index (χ0n) is 16.8. The van der Waals surface area contributed by atoms with Crippen LogP contribution in [0.4, 0.5) is 5.69 Å². The first-order valence-corrected chi connectivity index (χ1v) is 10.4. The Kier molecular flexibility index (Phi) is 7.06. The van der Waals surface area contributed by atoms with Gasteiger partial charge in [0, 0.05) is 5.69 Å². The van der Waals surface area contributed by atoms with E-state index in [9.17, 15) is 24.6 Å². The molecule has 1 fully saturated rings. The molecule has 2 aromatic rings. The van der Waals surface area contributed by atoms with E-state index < -0.39 is 35.1 Å². The van der Waals surface area contributed by atoms with Gasteiger partial charge in [-0.25, -0.2) is 4.79 Å². The molecule has 2 amide bonds. The van der Waals surface area contributed by atoms with Gasteiger partial charge >= 0.3 is 5.97 Å². The molecule has 2 aromatic carbocycles. The van der Waals surface area contributed by atoms with E-state index in [-0.39, 0.29) is 12.3 Å². The van der Waals surface area contributed by atoms with Crippen LogP contribution >= 0.6 is 12.6 Å². The van der Waals surface area contributed by atoms with Gasteiger partial charge in [-0.15, -0.1) is 0 Å². The number of nitrogens with one attached hydrogen (secondary N) is 1. The molecule has 0 saturated carbocycles. The topological polar surface area (TPSA) is 133 Å². The lowest BCUT2D eigenvalue weighted by Crippen LogP contribution is -2.47. The molecule has 1 heterocycles. The van der Waals surface area contributed by atoms with Gasteiger partial charge in [-0.3, -0.25) is 9.59 Å². The lowest BCUT2D eigenvalue weighted by molar-refractivity contribution is -0.149. The van der Waals surface area contributed by atoms with E-state index in [0.29, 0.717) is 24.9 Å². The fourth-order valence-corrected chi connectivity index (χ4v) is 4.07. The lowest BCUT2D eigenvalue weighted by Gasteiger charge is -2.29. The van der Waals surface area contributed by atoms with Gasteiger partial charge in [0.05, 0.1) is 17.8 Å². The van der Waals surface area contributed by atoms with Crippen LogP contribution in [0.25, 0.3) is 0 Å². The van der Waals surface area contributed by atoms with E-state index in [2.05, 4.69) is 17.9 Å². The number of hydrogen-bond acceptors (Lipinski definition) is 6. The van der Waals surface area contributed by atoms with Crippen molar-refractivity contribution in [1.82, 2.24) is 10.2 Å². The van der Waals surface area contributed by atoms with Crippen molar-refractivity contribution in [3.8, 4) is 5.75 Å². The summed E-state index contributed by atoms with van der Waals surface area (Å²) >= 11 is 4.30. The first-order valence-electron chi connectivity index (χ1n) is 9.89. The monoisotopic (exact) mass is 443 g/mol. The summed E-state index contributed by atoms with van der Waals surface area (Å²) in [7, 11) is 0. The summed E-state index contributed by atoms with van der Waals surface area (Å²) in [5.74, 6) is -1.84. The summed E-state index contributed by atoms with van der Waals surface area (Å²) in [6.07, 6.45) is 1.16. The number of aromatic hydroxyl groups is 1. The minimum absolute atomic E-state index is 0.128. The fraction of sp³-hybridized carbons (Fsp3) is 0.318. The number of thiol groups is 1. The largest absolute Gasteiger partial charge is 0.508 e. The van der Waals surface area contributed by atoms with E-state index in [1.807, 2.05) is 0 Å². The van der Waals surface area contributed by atoms with Crippen molar-refractivity contribution >= 4 is 36.1 Å². The van der Waals surface area contributed by atoms with Crippen molar-refractivity contribution in [1.29, 1.82) is 0 Å². The van der Waals surface area contributed by atoms with Gasteiger partial charge < -0.3 is 26.2 Å². The van der Waals surface area contributed by atoms with Crippen molar-refractivity contribution in [3.05, 3.63) is 59.7 Å². The molecule has 0 aromatic heterocycles. The van der Waals surface area contributed by atoms with Crippen molar-refractivity contribution in [2.75, 3.05) is 12.3 Å². The average molecular weight is 444 g/mol. The number of nitrogen functional groups attached to an aromatic ring is 1. The molecule has 1 aliphatic rings. The zero-order chi connectivity index (χ0) is 22.5. The fourth-order valence-electron chi connectivity index (χ4n) is 3.77. The quantitative estimate of drug-likeness (QED) is 0.327. The van der Waals surface area contributed by atoms with Crippen LogP contribution in [0, 0.1) is 0 Å². The first kappa shape index (κ1) is 22.5. The van der Waals surface area contributed by atoms with E-state index in [1.54, 1.807) is 36.4 Å². The Hall–Kier alpha value is -3.20. The standard InChI is InChI=1S/C22H25N3O5S/c23-15-5-3-14(4-6-15)17-9-10-18(22(29)30)25(17)20(27)12-24-21(28)19(31)11-13-1-7-16(26)8-2-13/h1-8,17-19,26,31H,9-12,23H2,(H,24,28)(H,29,30)/t17-,18+,19+/m1/s1. The van der Waals surface area contributed by atoms with Crippen LogP contribution in [0.3, 0.4) is 0 Å². The lowest BCUT2D eigenvalue weighted by atomic mass is 10.0. The Morgan fingerprint density at radius 1 is 1.10 bits per heavy atom. The second kappa shape index (κ2) is 9.74. The molecule has 1 aliphatic heterocycles. The highest BCUT2D eigenvalue weighted by molar-refractivity contribution is 7.81. The van der Waals surface area contributed by atoms with Crippen LogP contribution in [-0.4, -0.2) is 50.7 Å². The number of carboxylic acid groups (broad SMARTS) is 1. The average Bonchev–Trinajstić information content (AvgIpc) is 3.19. The smallest absolute Gasteiger partial charge is 0.326 e. The van der Waals surface area contributed by atoms with E-state index >= 15 is 0 Å². The number of benzene rings is 2. The Morgan fingerprint density at radius 3 is 2.35 bits per heavy atom. The predicted octanol–water partition coefficient (Wildman–Crippen LogP) is 1.75. The molecule has 3 atom stereocenters. The van der Waals surface area contributed by atoms with Crippen LogP contribution in [0.1, 0.15) is 30.0 Å². The van der Waals surface area contributed by atoms with E-state index in [4.69, 9.17) is 5.73 Å². The van der Waals surface area contributed by atoms with Crippen LogP contribution in [0.15, 0.2) is 48.5 Å². The number of rotatable bonds is 7. The predicted molar refractivity (Wildman–Crippen MR) is 119 cm³/mol. The molecule has 0 radical (unpaired) electrons. The molecule has 8 nitrogen and oxygen atoms in total. The molecule has 0 bridgehead atoms. The molecule has 31 heavy (non-hydrogen) atoms. The first-order chi connectivity index (χ1) is 14.8. The highest BCUT2D eigenvalue weighted by Gasteiger charge is 2.41. The molecule has 164 valence electrons. The molecule has 5 N–H and O–H groups in total. The molecule has 1 saturated heterocycles. The molecule has 0 unspecified atom stereocenters. The Morgan fingerprint density at radius 2 is 1.74 bits per heavy atom. The Bertz CT molecular complexity index is 949. The number of carbonyl (C=O) groups is 3. The van der Waals surface area contributed by atoms with Gasteiger partial charge in [-0.1, -0.05) is 24.3 Å². The molecular formula is C22H25N3O5S. The van der Waals surface area contributed by atoms with Gasteiger partial charge in [0.1, 0.15) is 11.8 Å². The maximum absolute atomic E-state index is 12.9. The Balaban J connectivity index is 1.64. The van der Waals surface area contributed by atoms with Gasteiger partial charge in [0.25, 0.3) is 0 Å². The number of nitrogens with zero attached hydrogens (tertiary/aromatic N) is 1. The van der Waals surface area contributed by atoms with Crippen molar-refractivity contribution in [2.45, 2.75) is 36.6 Å². The third-order valence-electron chi connectivity index (χ3n) is 5.36. The molecule has 0 spiro atoms. The summed E-state index contributed by atoms with van der Waals surface area (Å²) in [6.45, 7) is -0.319. The summed E-state index contributed by atoms with van der Waals surface area (Å²) in [4.78, 5) is 38.3. The number of anilines is 1. The van der Waals surface area contributed by atoms with Crippen LogP contribution in [-0.2, 0) is 20.8 Å². The van der Waals surface area contributed by atoms with Gasteiger partial charge in [0.15, 0.2) is 0 Å². The number of aliphatic carboxylic acids is 1. The molecule has 3 rings (SSSR count). The third-order valence-corrected chi connectivity index (χ3v) is 5.78. The molecule has 9 heteroatoms. The minimum Gasteiger partial charge on any atom is -0.508 e. The van der Waals surface area contributed by atoms with Gasteiger partial charge in [-0.05, 0) is 54.7 Å². The number of carbonyl (C=O) groups excluding carboxylic acids is 2. The number of amides is 2. The maximum atomic E-state index is 12.9. The number of likely N-dealkylation sites (tertiary alicyclic amines) is 1. The van der Waals surface area contributed by atoms with E-state index in [1.165, 1.54) is 17.0 Å². The summed E-state index contributed by atoms with van der Waals surface area (Å²) in [5.41, 5.74) is 7.92. The Labute approximate surface area is 185 Å². The van der Waals surface area contributed by atoms with E-state index in [0.717, 1.165) is 11.1 Å². The summed E-state index contributed by atoms with van der Waals surface area (Å²) in [5, 5.41) is 20.8. The van der Waals surface area contributed by atoms with Crippen LogP contribution < -0.4 is 11.1 Å². The van der Waals surface area contributed by atoms with Gasteiger partial charge in [0.2, 0.25) is 11.8 Å². The number of hydrogen-bond donors (Lipinski definition) is 5. The number of carboxylic acids is 1.